The molecule has 0 bridgehead atoms. The van der Waals surface area contributed by atoms with E-state index in [9.17, 15) is 4.79 Å². The molecule has 0 saturated carbocycles. The van der Waals surface area contributed by atoms with Crippen molar-refractivity contribution in [1.29, 1.82) is 0 Å². The van der Waals surface area contributed by atoms with E-state index >= 15 is 0 Å². The summed E-state index contributed by atoms with van der Waals surface area (Å²) in [7, 11) is 1.88. The van der Waals surface area contributed by atoms with Gasteiger partial charge in [-0.3, -0.25) is 9.48 Å². The van der Waals surface area contributed by atoms with Crippen molar-refractivity contribution in [2.75, 3.05) is 0 Å². The van der Waals surface area contributed by atoms with Gasteiger partial charge in [0.15, 0.2) is 0 Å². The maximum Gasteiger partial charge on any atom is 0.252 e. The Morgan fingerprint density at radius 2 is 1.81 bits per heavy atom. The number of hydrogen-bond acceptors (Lipinski definition) is 3. The Kier molecular flexibility index (Phi) is 4.42. The predicted octanol–water partition coefficient (Wildman–Crippen LogP) is 3.87. The normalized spacial score (nSPS) is 10.9. The molecule has 134 valence electrons. The zero-order valence-corrected chi connectivity index (χ0v) is 15.3. The van der Waals surface area contributed by atoms with Crippen LogP contribution in [-0.4, -0.2) is 20.7 Å². The molecule has 0 fully saturated rings. The van der Waals surface area contributed by atoms with E-state index in [1.54, 1.807) is 4.68 Å². The van der Waals surface area contributed by atoms with Gasteiger partial charge in [0.2, 0.25) is 0 Å². The molecule has 5 heteroatoms. The summed E-state index contributed by atoms with van der Waals surface area (Å²) in [5, 5.41) is 8.19. The van der Waals surface area contributed by atoms with E-state index in [0.29, 0.717) is 12.1 Å². The van der Waals surface area contributed by atoms with Crippen LogP contribution in [-0.2, 0) is 13.6 Å². The van der Waals surface area contributed by atoms with Crippen LogP contribution in [0.15, 0.2) is 66.9 Å². The fourth-order valence-electron chi connectivity index (χ4n) is 3.21. The van der Waals surface area contributed by atoms with Crippen molar-refractivity contribution in [3.05, 3.63) is 83.7 Å². The first-order valence-corrected chi connectivity index (χ1v) is 8.84. The average molecular weight is 356 g/mol. The third-order valence-corrected chi connectivity index (χ3v) is 4.58. The van der Waals surface area contributed by atoms with Gasteiger partial charge >= 0.3 is 0 Å². The fraction of sp³-hybridized carbons (Fsp3) is 0.136. The van der Waals surface area contributed by atoms with Crippen LogP contribution in [0.2, 0.25) is 0 Å². The lowest BCUT2D eigenvalue weighted by Crippen LogP contribution is -2.23. The Bertz CT molecular complexity index is 1120. The molecule has 0 aliphatic heterocycles. The highest BCUT2D eigenvalue weighted by Crippen LogP contribution is 2.24. The number of fused-ring (bicyclic) bond motifs is 1. The summed E-state index contributed by atoms with van der Waals surface area (Å²) in [5.74, 6) is -0.117. The summed E-state index contributed by atoms with van der Waals surface area (Å²) in [6.07, 6.45) is 1.93. The van der Waals surface area contributed by atoms with Crippen molar-refractivity contribution in [2.45, 2.75) is 13.5 Å². The lowest BCUT2D eigenvalue weighted by atomic mass is 10.0. The summed E-state index contributed by atoms with van der Waals surface area (Å²) in [4.78, 5) is 17.7. The zero-order chi connectivity index (χ0) is 18.8. The van der Waals surface area contributed by atoms with Crippen LogP contribution >= 0.6 is 0 Å². The lowest BCUT2D eigenvalue weighted by molar-refractivity contribution is 0.0952. The number of amides is 1. The number of hydrogen-bond donors (Lipinski definition) is 1. The summed E-state index contributed by atoms with van der Waals surface area (Å²) < 4.78 is 1.76. The summed E-state index contributed by atoms with van der Waals surface area (Å²) in [6, 6.07) is 19.5. The van der Waals surface area contributed by atoms with E-state index in [0.717, 1.165) is 33.4 Å². The molecule has 2 aromatic heterocycles. The Morgan fingerprint density at radius 3 is 2.56 bits per heavy atom. The van der Waals surface area contributed by atoms with Crippen LogP contribution < -0.4 is 5.32 Å². The Morgan fingerprint density at radius 1 is 1.07 bits per heavy atom. The number of pyridine rings is 1. The van der Waals surface area contributed by atoms with E-state index in [2.05, 4.69) is 10.4 Å². The molecule has 0 radical (unpaired) electrons. The maximum absolute atomic E-state index is 13.0. The Hall–Kier alpha value is -3.47. The highest BCUT2D eigenvalue weighted by molar-refractivity contribution is 6.07. The summed E-state index contributed by atoms with van der Waals surface area (Å²) in [5.41, 5.74) is 5.13. The van der Waals surface area contributed by atoms with Gasteiger partial charge in [0.1, 0.15) is 0 Å². The lowest BCUT2D eigenvalue weighted by Gasteiger charge is -2.10. The monoisotopic (exact) mass is 356 g/mol. The molecule has 0 saturated heterocycles. The smallest absolute Gasteiger partial charge is 0.252 e. The van der Waals surface area contributed by atoms with Crippen LogP contribution in [0.3, 0.4) is 0 Å². The largest absolute Gasteiger partial charge is 0.348 e. The number of aryl methyl sites for hydroxylation is 2. The number of carbonyl (C=O) groups is 1. The summed E-state index contributed by atoms with van der Waals surface area (Å²) in [6.45, 7) is 2.38. The number of para-hydroxylation sites is 1. The number of carbonyl (C=O) groups excluding carboxylic acids is 1. The van der Waals surface area contributed by atoms with Crippen LogP contribution in [0, 0.1) is 6.92 Å². The number of benzene rings is 2. The molecule has 2 aromatic carbocycles. The van der Waals surface area contributed by atoms with Crippen LogP contribution in [0.25, 0.3) is 22.2 Å². The second kappa shape index (κ2) is 7.03. The average Bonchev–Trinajstić information content (AvgIpc) is 3.03. The Balaban J connectivity index is 1.71. The van der Waals surface area contributed by atoms with Gasteiger partial charge in [0, 0.05) is 36.3 Å². The molecule has 2 heterocycles. The zero-order valence-electron chi connectivity index (χ0n) is 15.3. The molecule has 0 spiro atoms. The van der Waals surface area contributed by atoms with Crippen LogP contribution in [0.4, 0.5) is 0 Å². The first-order valence-electron chi connectivity index (χ1n) is 8.84. The van der Waals surface area contributed by atoms with Gasteiger partial charge in [-0.05, 0) is 19.1 Å². The molecular weight excluding hydrogens is 336 g/mol. The van der Waals surface area contributed by atoms with E-state index in [-0.39, 0.29) is 5.91 Å². The Labute approximate surface area is 157 Å². The molecule has 0 aliphatic rings. The van der Waals surface area contributed by atoms with Crippen LogP contribution in [0.5, 0.6) is 0 Å². The fourth-order valence-corrected chi connectivity index (χ4v) is 3.21. The van der Waals surface area contributed by atoms with Gasteiger partial charge in [0.05, 0.1) is 22.5 Å². The minimum absolute atomic E-state index is 0.117. The van der Waals surface area contributed by atoms with Gasteiger partial charge in [-0.15, -0.1) is 0 Å². The first-order chi connectivity index (χ1) is 13.1. The maximum atomic E-state index is 13.0. The minimum atomic E-state index is -0.117. The van der Waals surface area contributed by atoms with Gasteiger partial charge in [0.25, 0.3) is 5.91 Å². The van der Waals surface area contributed by atoms with Crippen molar-refractivity contribution in [1.82, 2.24) is 20.1 Å². The van der Waals surface area contributed by atoms with E-state index in [1.807, 2.05) is 80.8 Å². The number of nitrogens with zero attached hydrogens (tertiary/aromatic N) is 3. The predicted molar refractivity (Wildman–Crippen MR) is 106 cm³/mol. The molecule has 4 rings (SSSR count). The second-order valence-electron chi connectivity index (χ2n) is 6.53. The van der Waals surface area contributed by atoms with Gasteiger partial charge in [-0.25, -0.2) is 4.98 Å². The quantitative estimate of drug-likeness (QED) is 0.604. The topological polar surface area (TPSA) is 59.8 Å². The summed E-state index contributed by atoms with van der Waals surface area (Å²) >= 11 is 0. The molecule has 4 aromatic rings. The molecule has 0 aliphatic carbocycles. The third-order valence-electron chi connectivity index (χ3n) is 4.58. The van der Waals surface area contributed by atoms with Gasteiger partial charge in [-0.2, -0.15) is 5.10 Å². The molecule has 5 nitrogen and oxygen atoms in total. The second-order valence-corrected chi connectivity index (χ2v) is 6.53. The first kappa shape index (κ1) is 17.0. The van der Waals surface area contributed by atoms with Crippen molar-refractivity contribution in [2.24, 2.45) is 7.05 Å². The highest BCUT2D eigenvalue weighted by Gasteiger charge is 2.14. The minimum Gasteiger partial charge on any atom is -0.348 e. The van der Waals surface area contributed by atoms with E-state index < -0.39 is 0 Å². The molecule has 0 atom stereocenters. The highest BCUT2D eigenvalue weighted by atomic mass is 16.1. The molecular formula is C22H20N4O. The molecule has 0 unspecified atom stereocenters. The van der Waals surface area contributed by atoms with Gasteiger partial charge in [-0.1, -0.05) is 48.5 Å². The third kappa shape index (κ3) is 3.44. The molecule has 1 amide bonds. The molecule has 27 heavy (non-hydrogen) atoms. The van der Waals surface area contributed by atoms with Crippen molar-refractivity contribution >= 4 is 16.8 Å². The number of aromatic nitrogens is 3. The van der Waals surface area contributed by atoms with Crippen LogP contribution in [0.1, 0.15) is 21.6 Å². The SMILES string of the molecule is Cc1nn(C)cc1CNC(=O)c1cc(-c2ccccc2)nc2ccccc12. The number of nitrogens with one attached hydrogen (secondary N) is 1. The van der Waals surface area contributed by atoms with Crippen molar-refractivity contribution in [3.63, 3.8) is 0 Å². The number of rotatable bonds is 4. The van der Waals surface area contributed by atoms with Crippen molar-refractivity contribution < 1.29 is 4.79 Å². The van der Waals surface area contributed by atoms with E-state index in [4.69, 9.17) is 4.98 Å². The van der Waals surface area contributed by atoms with Crippen molar-refractivity contribution in [3.8, 4) is 11.3 Å². The molecule has 1 N–H and O–H groups in total. The van der Waals surface area contributed by atoms with E-state index in [1.165, 1.54) is 0 Å². The standard InChI is InChI=1S/C22H20N4O/c1-15-17(14-26(2)25-15)13-23-22(27)19-12-21(16-8-4-3-5-9-16)24-20-11-7-6-10-18(19)20/h3-12,14H,13H2,1-2H3,(H,23,27). The van der Waals surface area contributed by atoms with Gasteiger partial charge < -0.3 is 5.32 Å².